The molecule has 98 valence electrons. The van der Waals surface area contributed by atoms with Crippen molar-refractivity contribution in [2.24, 2.45) is 5.92 Å². The summed E-state index contributed by atoms with van der Waals surface area (Å²) < 4.78 is 0. The lowest BCUT2D eigenvalue weighted by molar-refractivity contribution is 0.340. The minimum Gasteiger partial charge on any atom is -0.316 e. The molecule has 2 aromatic carbocycles. The van der Waals surface area contributed by atoms with Crippen LogP contribution in [0, 0.1) is 5.92 Å². The summed E-state index contributed by atoms with van der Waals surface area (Å²) in [6.07, 6.45) is 2.49. The second-order valence-corrected chi connectivity index (χ2v) is 5.56. The van der Waals surface area contributed by atoms with Gasteiger partial charge in [0.2, 0.25) is 0 Å². The van der Waals surface area contributed by atoms with Crippen LogP contribution >= 0.6 is 0 Å². The highest BCUT2D eigenvalue weighted by Crippen LogP contribution is 2.28. The van der Waals surface area contributed by atoms with Crippen LogP contribution in [0.4, 0.5) is 0 Å². The fourth-order valence-corrected chi connectivity index (χ4v) is 3.11. The molecule has 0 aromatic heterocycles. The first kappa shape index (κ1) is 12.4. The van der Waals surface area contributed by atoms with Gasteiger partial charge in [-0.15, -0.1) is 0 Å². The van der Waals surface area contributed by atoms with E-state index in [9.17, 15) is 0 Å². The predicted molar refractivity (Wildman–Crippen MR) is 80.3 cm³/mol. The summed E-state index contributed by atoms with van der Waals surface area (Å²) in [7, 11) is 0. The van der Waals surface area contributed by atoms with Crippen molar-refractivity contribution in [3.05, 3.63) is 71.8 Å². The third kappa shape index (κ3) is 3.24. The van der Waals surface area contributed by atoms with E-state index >= 15 is 0 Å². The Balaban J connectivity index is 1.65. The molecule has 1 heteroatoms. The molecule has 2 aromatic rings. The zero-order valence-corrected chi connectivity index (χ0v) is 11.3. The highest BCUT2D eigenvalue weighted by atomic mass is 14.9. The standard InChI is InChI=1S/C18H21N/c1-3-7-15(8-4-1)11-16-12-18(14-19-13-16)17-9-5-2-6-10-17/h1-10,16,18-19H,11-14H2. The van der Waals surface area contributed by atoms with Crippen molar-refractivity contribution in [1.29, 1.82) is 0 Å². The lowest BCUT2D eigenvalue weighted by atomic mass is 9.83. The van der Waals surface area contributed by atoms with Crippen LogP contribution in [0.1, 0.15) is 23.5 Å². The van der Waals surface area contributed by atoms with E-state index in [4.69, 9.17) is 0 Å². The quantitative estimate of drug-likeness (QED) is 0.878. The Hall–Kier alpha value is -1.60. The molecule has 2 unspecified atom stereocenters. The summed E-state index contributed by atoms with van der Waals surface area (Å²) >= 11 is 0. The van der Waals surface area contributed by atoms with Crippen molar-refractivity contribution >= 4 is 0 Å². The number of hydrogen-bond donors (Lipinski definition) is 1. The number of nitrogens with one attached hydrogen (secondary N) is 1. The molecule has 1 aliphatic rings. The summed E-state index contributed by atoms with van der Waals surface area (Å²) in [6.45, 7) is 2.27. The molecule has 1 saturated heterocycles. The summed E-state index contributed by atoms with van der Waals surface area (Å²) in [5, 5.41) is 3.60. The molecule has 3 rings (SSSR count). The van der Waals surface area contributed by atoms with Crippen LogP contribution < -0.4 is 5.32 Å². The normalized spacial score (nSPS) is 23.2. The summed E-state index contributed by atoms with van der Waals surface area (Å²) in [6, 6.07) is 21.8. The fourth-order valence-electron chi connectivity index (χ4n) is 3.11. The fraction of sp³-hybridized carbons (Fsp3) is 0.333. The molecule has 0 aliphatic carbocycles. The van der Waals surface area contributed by atoms with Gasteiger partial charge >= 0.3 is 0 Å². The monoisotopic (exact) mass is 251 g/mol. The van der Waals surface area contributed by atoms with Crippen molar-refractivity contribution in [1.82, 2.24) is 5.32 Å². The first-order chi connectivity index (χ1) is 9.42. The Bertz CT molecular complexity index is 492. The van der Waals surface area contributed by atoms with Gasteiger partial charge in [-0.3, -0.25) is 0 Å². The van der Waals surface area contributed by atoms with Gasteiger partial charge in [0.15, 0.2) is 0 Å². The molecule has 0 amide bonds. The van der Waals surface area contributed by atoms with Gasteiger partial charge in [-0.25, -0.2) is 0 Å². The van der Waals surface area contributed by atoms with Crippen LogP contribution in [0.3, 0.4) is 0 Å². The lowest BCUT2D eigenvalue weighted by Crippen LogP contribution is -2.36. The van der Waals surface area contributed by atoms with E-state index in [0.717, 1.165) is 19.0 Å². The van der Waals surface area contributed by atoms with Crippen molar-refractivity contribution < 1.29 is 0 Å². The SMILES string of the molecule is c1ccc(CC2CNCC(c3ccccc3)C2)cc1. The van der Waals surface area contributed by atoms with E-state index in [0.29, 0.717) is 5.92 Å². The highest BCUT2D eigenvalue weighted by molar-refractivity contribution is 5.21. The van der Waals surface area contributed by atoms with Gasteiger partial charge in [-0.1, -0.05) is 60.7 Å². The Morgan fingerprint density at radius 2 is 1.53 bits per heavy atom. The highest BCUT2D eigenvalue weighted by Gasteiger charge is 2.22. The van der Waals surface area contributed by atoms with Gasteiger partial charge in [-0.2, -0.15) is 0 Å². The van der Waals surface area contributed by atoms with Crippen LogP contribution in [0.25, 0.3) is 0 Å². The number of benzene rings is 2. The van der Waals surface area contributed by atoms with Gasteiger partial charge in [0.05, 0.1) is 0 Å². The van der Waals surface area contributed by atoms with Crippen LogP contribution in [0.2, 0.25) is 0 Å². The van der Waals surface area contributed by atoms with Crippen LogP contribution in [-0.2, 0) is 6.42 Å². The van der Waals surface area contributed by atoms with Crippen LogP contribution in [0.15, 0.2) is 60.7 Å². The molecule has 1 heterocycles. The predicted octanol–water partition coefficient (Wildman–Crippen LogP) is 3.62. The maximum absolute atomic E-state index is 3.60. The first-order valence-corrected chi connectivity index (χ1v) is 7.21. The molecule has 1 aliphatic heterocycles. The second-order valence-electron chi connectivity index (χ2n) is 5.56. The van der Waals surface area contributed by atoms with E-state index in [2.05, 4.69) is 66.0 Å². The van der Waals surface area contributed by atoms with Crippen molar-refractivity contribution in [2.45, 2.75) is 18.8 Å². The maximum Gasteiger partial charge on any atom is 0.00203 e. The van der Waals surface area contributed by atoms with Crippen molar-refractivity contribution in [3.63, 3.8) is 0 Å². The van der Waals surface area contributed by atoms with E-state index in [-0.39, 0.29) is 0 Å². The van der Waals surface area contributed by atoms with Crippen molar-refractivity contribution in [2.75, 3.05) is 13.1 Å². The number of piperidine rings is 1. The Morgan fingerprint density at radius 1 is 0.842 bits per heavy atom. The van der Waals surface area contributed by atoms with Crippen LogP contribution in [-0.4, -0.2) is 13.1 Å². The van der Waals surface area contributed by atoms with E-state index in [1.54, 1.807) is 0 Å². The first-order valence-electron chi connectivity index (χ1n) is 7.21. The van der Waals surface area contributed by atoms with E-state index in [1.165, 1.54) is 24.0 Å². The molecular weight excluding hydrogens is 230 g/mol. The zero-order chi connectivity index (χ0) is 12.9. The maximum atomic E-state index is 3.60. The summed E-state index contributed by atoms with van der Waals surface area (Å²) in [4.78, 5) is 0. The van der Waals surface area contributed by atoms with Gasteiger partial charge in [0.1, 0.15) is 0 Å². The average Bonchev–Trinajstić information content (AvgIpc) is 2.49. The molecular formula is C18H21N. The summed E-state index contributed by atoms with van der Waals surface area (Å²) in [5.74, 6) is 1.42. The molecule has 1 N–H and O–H groups in total. The molecule has 0 bridgehead atoms. The third-order valence-corrected chi connectivity index (χ3v) is 4.08. The average molecular weight is 251 g/mol. The molecule has 19 heavy (non-hydrogen) atoms. The topological polar surface area (TPSA) is 12.0 Å². The molecule has 2 atom stereocenters. The second kappa shape index (κ2) is 6.03. The smallest absolute Gasteiger partial charge is 0.00203 e. The third-order valence-electron chi connectivity index (χ3n) is 4.08. The molecule has 0 saturated carbocycles. The zero-order valence-electron chi connectivity index (χ0n) is 11.3. The van der Waals surface area contributed by atoms with Crippen LogP contribution in [0.5, 0.6) is 0 Å². The minimum absolute atomic E-state index is 0.670. The Labute approximate surface area is 115 Å². The molecule has 1 nitrogen and oxygen atoms in total. The number of rotatable bonds is 3. The lowest BCUT2D eigenvalue weighted by Gasteiger charge is -2.30. The van der Waals surface area contributed by atoms with Gasteiger partial charge in [-0.05, 0) is 42.3 Å². The van der Waals surface area contributed by atoms with E-state index in [1.807, 2.05) is 0 Å². The Kier molecular flexibility index (Phi) is 3.95. The number of hydrogen-bond acceptors (Lipinski definition) is 1. The van der Waals surface area contributed by atoms with Crippen molar-refractivity contribution in [3.8, 4) is 0 Å². The van der Waals surface area contributed by atoms with Gasteiger partial charge in [0, 0.05) is 6.54 Å². The largest absolute Gasteiger partial charge is 0.316 e. The minimum atomic E-state index is 0.670. The van der Waals surface area contributed by atoms with Gasteiger partial charge in [0.25, 0.3) is 0 Å². The summed E-state index contributed by atoms with van der Waals surface area (Å²) in [5.41, 5.74) is 2.94. The molecule has 0 spiro atoms. The molecule has 0 radical (unpaired) electrons. The molecule has 1 fully saturated rings. The van der Waals surface area contributed by atoms with E-state index < -0.39 is 0 Å². The van der Waals surface area contributed by atoms with Gasteiger partial charge < -0.3 is 5.32 Å². The Morgan fingerprint density at radius 3 is 2.26 bits per heavy atom.